The number of aromatic nitrogens is 1. The van der Waals surface area contributed by atoms with Crippen molar-refractivity contribution >= 4 is 29.1 Å². The average Bonchev–Trinajstić information content (AvgIpc) is 3.09. The summed E-state index contributed by atoms with van der Waals surface area (Å²) < 4.78 is 6.87. The van der Waals surface area contributed by atoms with Crippen LogP contribution in [-0.2, 0) is 9.53 Å². The highest BCUT2D eigenvalue weighted by Crippen LogP contribution is 2.30. The maximum absolute atomic E-state index is 13.5. The van der Waals surface area contributed by atoms with E-state index in [1.54, 1.807) is 13.8 Å². The molecule has 0 saturated carbocycles. The molecule has 0 bridgehead atoms. The van der Waals surface area contributed by atoms with Crippen molar-refractivity contribution in [3.63, 3.8) is 0 Å². The summed E-state index contributed by atoms with van der Waals surface area (Å²) in [6.07, 6.45) is 1.39. The topological polar surface area (TPSA) is 124 Å². The monoisotopic (exact) mass is 465 g/mol. The first-order chi connectivity index (χ1) is 15.8. The standard InChI is InChI=1S/C23H19N3O6S/c1-3-32-22(29)19-13(2)24-23-25(20(19)14-7-5-4-6-8-14)21(28)18(33-23)12-15-11-16(26(30)31)9-10-17(15)27/h4-12,20,27H,3H2,1-2H3/b18-12+/t20-/m0/s1. The second kappa shape index (κ2) is 8.83. The van der Waals surface area contributed by atoms with Crippen LogP contribution in [0.5, 0.6) is 5.75 Å². The van der Waals surface area contributed by atoms with E-state index in [9.17, 15) is 24.8 Å². The number of carbonyl (C=O) groups excluding carboxylic acids is 1. The highest BCUT2D eigenvalue weighted by atomic mass is 32.1. The van der Waals surface area contributed by atoms with Crippen LogP contribution in [0.3, 0.4) is 0 Å². The average molecular weight is 465 g/mol. The Bertz CT molecular complexity index is 1470. The summed E-state index contributed by atoms with van der Waals surface area (Å²) >= 11 is 1.07. The van der Waals surface area contributed by atoms with Crippen LogP contribution in [0.2, 0.25) is 0 Å². The molecule has 33 heavy (non-hydrogen) atoms. The van der Waals surface area contributed by atoms with Crippen molar-refractivity contribution in [3.8, 4) is 5.75 Å². The van der Waals surface area contributed by atoms with Gasteiger partial charge in [-0.1, -0.05) is 41.7 Å². The molecule has 3 aromatic rings. The molecular formula is C23H19N3O6S. The van der Waals surface area contributed by atoms with Crippen molar-refractivity contribution in [2.24, 2.45) is 4.99 Å². The molecule has 1 N–H and O–H groups in total. The molecule has 9 nitrogen and oxygen atoms in total. The molecule has 0 fully saturated rings. The van der Waals surface area contributed by atoms with Crippen LogP contribution in [0.25, 0.3) is 6.08 Å². The molecule has 0 aliphatic carbocycles. The highest BCUT2D eigenvalue weighted by Gasteiger charge is 2.33. The number of phenolic OH excluding ortho intramolecular Hbond substituents is 1. The van der Waals surface area contributed by atoms with Crippen LogP contribution in [0.1, 0.15) is 31.0 Å². The van der Waals surface area contributed by atoms with Gasteiger partial charge in [0, 0.05) is 17.7 Å². The first kappa shape index (κ1) is 22.2. The number of esters is 1. The molecule has 0 unspecified atom stereocenters. The Hall–Kier alpha value is -4.05. The molecule has 1 atom stereocenters. The van der Waals surface area contributed by atoms with Crippen LogP contribution < -0.4 is 14.9 Å². The van der Waals surface area contributed by atoms with Gasteiger partial charge in [0.05, 0.1) is 33.4 Å². The van der Waals surface area contributed by atoms with Crippen molar-refractivity contribution in [3.05, 3.63) is 101 Å². The largest absolute Gasteiger partial charge is 0.507 e. The van der Waals surface area contributed by atoms with E-state index >= 15 is 0 Å². The van der Waals surface area contributed by atoms with Crippen LogP contribution in [0.4, 0.5) is 5.69 Å². The second-order valence-corrected chi connectivity index (χ2v) is 8.22. The maximum atomic E-state index is 13.5. The van der Waals surface area contributed by atoms with E-state index in [-0.39, 0.29) is 33.7 Å². The zero-order chi connectivity index (χ0) is 23.7. The van der Waals surface area contributed by atoms with Crippen molar-refractivity contribution < 1.29 is 19.6 Å². The lowest BCUT2D eigenvalue weighted by Gasteiger charge is -2.24. The molecule has 0 spiro atoms. The fourth-order valence-electron chi connectivity index (χ4n) is 3.65. The van der Waals surface area contributed by atoms with E-state index in [1.807, 2.05) is 30.3 Å². The quantitative estimate of drug-likeness (QED) is 0.351. The Kier molecular flexibility index (Phi) is 5.93. The van der Waals surface area contributed by atoms with Crippen molar-refractivity contribution in [1.82, 2.24) is 4.57 Å². The number of thiazole rings is 1. The van der Waals surface area contributed by atoms with E-state index in [2.05, 4.69) is 4.99 Å². The van der Waals surface area contributed by atoms with E-state index in [1.165, 1.54) is 28.8 Å². The molecule has 1 aliphatic rings. The number of fused-ring (bicyclic) bond motifs is 1. The first-order valence-corrected chi connectivity index (χ1v) is 10.9. The van der Waals surface area contributed by atoms with Crippen LogP contribution >= 0.6 is 11.3 Å². The molecule has 1 aliphatic heterocycles. The van der Waals surface area contributed by atoms with Gasteiger partial charge in [-0.2, -0.15) is 0 Å². The Morgan fingerprint density at radius 3 is 2.70 bits per heavy atom. The number of ether oxygens (including phenoxy) is 1. The second-order valence-electron chi connectivity index (χ2n) is 7.21. The third-order valence-electron chi connectivity index (χ3n) is 5.14. The number of allylic oxidation sites excluding steroid dienone is 1. The van der Waals surface area contributed by atoms with Gasteiger partial charge in [0.25, 0.3) is 11.2 Å². The summed E-state index contributed by atoms with van der Waals surface area (Å²) in [5, 5.41) is 21.3. The van der Waals surface area contributed by atoms with Crippen molar-refractivity contribution in [2.45, 2.75) is 19.9 Å². The van der Waals surface area contributed by atoms with Gasteiger partial charge in [-0.15, -0.1) is 0 Å². The normalized spacial score (nSPS) is 15.7. The van der Waals surface area contributed by atoms with E-state index in [0.29, 0.717) is 16.1 Å². The minimum Gasteiger partial charge on any atom is -0.507 e. The smallest absolute Gasteiger partial charge is 0.338 e. The van der Waals surface area contributed by atoms with Crippen molar-refractivity contribution in [2.75, 3.05) is 6.61 Å². The minimum atomic E-state index is -0.748. The summed E-state index contributed by atoms with van der Waals surface area (Å²) in [5.41, 5.74) is 0.892. The molecule has 10 heteroatoms. The van der Waals surface area contributed by atoms with Gasteiger partial charge in [-0.3, -0.25) is 19.5 Å². The van der Waals surface area contributed by atoms with Gasteiger partial charge in [-0.05, 0) is 31.6 Å². The highest BCUT2D eigenvalue weighted by molar-refractivity contribution is 7.07. The number of rotatable bonds is 5. The van der Waals surface area contributed by atoms with Crippen LogP contribution in [0, 0.1) is 10.1 Å². The number of phenols is 1. The Labute approximate surface area is 191 Å². The van der Waals surface area contributed by atoms with Gasteiger partial charge >= 0.3 is 5.97 Å². The fourth-order valence-corrected chi connectivity index (χ4v) is 4.69. The number of non-ortho nitro benzene ring substituents is 1. The van der Waals surface area contributed by atoms with E-state index in [4.69, 9.17) is 4.74 Å². The van der Waals surface area contributed by atoms with Gasteiger partial charge in [0.1, 0.15) is 5.75 Å². The predicted octanol–water partition coefficient (Wildman–Crippen LogP) is 2.41. The third kappa shape index (κ3) is 4.08. The predicted molar refractivity (Wildman–Crippen MR) is 122 cm³/mol. The molecule has 0 amide bonds. The number of carbonyl (C=O) groups is 1. The molecule has 0 saturated heterocycles. The zero-order valence-corrected chi connectivity index (χ0v) is 18.5. The number of nitrogens with zero attached hydrogens (tertiary/aromatic N) is 3. The molecule has 1 aromatic heterocycles. The van der Waals surface area contributed by atoms with Crippen LogP contribution in [0.15, 0.2) is 69.6 Å². The minimum absolute atomic E-state index is 0.132. The number of aromatic hydroxyl groups is 1. The zero-order valence-electron chi connectivity index (χ0n) is 17.7. The third-order valence-corrected chi connectivity index (χ3v) is 6.12. The SMILES string of the molecule is CCOC(=O)C1=C(C)N=c2s/c(=C/c3cc([N+](=O)[O-])ccc3O)c(=O)n2[C@H]1c1ccccc1. The maximum Gasteiger partial charge on any atom is 0.338 e. The Balaban J connectivity index is 1.96. The van der Waals surface area contributed by atoms with Gasteiger partial charge in [-0.25, -0.2) is 9.79 Å². The number of nitro groups is 1. The molecule has 4 rings (SSSR count). The number of hydrogen-bond acceptors (Lipinski definition) is 8. The summed E-state index contributed by atoms with van der Waals surface area (Å²) in [6.45, 7) is 3.56. The van der Waals surface area contributed by atoms with Gasteiger partial charge < -0.3 is 9.84 Å². The number of benzene rings is 2. The molecule has 168 valence electrons. The van der Waals surface area contributed by atoms with E-state index in [0.717, 1.165) is 11.3 Å². The van der Waals surface area contributed by atoms with Gasteiger partial charge in [0.2, 0.25) is 0 Å². The molecule has 2 aromatic carbocycles. The summed E-state index contributed by atoms with van der Waals surface area (Å²) in [7, 11) is 0. The Morgan fingerprint density at radius 1 is 1.30 bits per heavy atom. The number of hydrogen-bond donors (Lipinski definition) is 1. The molecular weight excluding hydrogens is 446 g/mol. The molecule has 0 radical (unpaired) electrons. The summed E-state index contributed by atoms with van der Waals surface area (Å²) in [5.74, 6) is -0.757. The van der Waals surface area contributed by atoms with Crippen LogP contribution in [-0.4, -0.2) is 27.2 Å². The lowest BCUT2D eigenvalue weighted by Crippen LogP contribution is -2.39. The number of nitro benzene ring substituents is 1. The van der Waals surface area contributed by atoms with Gasteiger partial charge in [0.15, 0.2) is 4.80 Å². The molecule has 2 heterocycles. The lowest BCUT2D eigenvalue weighted by atomic mass is 9.96. The fraction of sp³-hybridized carbons (Fsp3) is 0.174. The Morgan fingerprint density at radius 2 is 2.03 bits per heavy atom. The van der Waals surface area contributed by atoms with E-state index < -0.39 is 22.5 Å². The first-order valence-electron chi connectivity index (χ1n) is 10.0. The summed E-state index contributed by atoms with van der Waals surface area (Å²) in [6, 6.07) is 11.9. The summed E-state index contributed by atoms with van der Waals surface area (Å²) in [4.78, 5) is 41.6. The lowest BCUT2D eigenvalue weighted by molar-refractivity contribution is -0.384. The van der Waals surface area contributed by atoms with Crippen molar-refractivity contribution in [1.29, 1.82) is 0 Å².